The average molecular weight is 683 g/mol. The Bertz CT molecular complexity index is 1240. The Morgan fingerprint density at radius 3 is 2.27 bits per heavy atom. The molecule has 7 N–H and O–H groups in total. The largest absolute Gasteiger partial charge is 0.458 e. The molecule has 0 radical (unpaired) electrons. The number of carbonyl (C=O) groups excluding carboxylic acids is 1. The fourth-order valence-corrected chi connectivity index (χ4v) is 11.3. The number of cyclic esters (lactones) is 1. The van der Waals surface area contributed by atoms with Crippen LogP contribution in [0, 0.1) is 34.5 Å². The van der Waals surface area contributed by atoms with Crippen LogP contribution < -0.4 is 0 Å². The lowest BCUT2D eigenvalue weighted by Crippen LogP contribution is -2.64. The van der Waals surface area contributed by atoms with Gasteiger partial charge in [0.05, 0.1) is 24.4 Å². The van der Waals surface area contributed by atoms with E-state index in [9.17, 15) is 40.5 Å². The molecule has 0 aromatic heterocycles. The minimum Gasteiger partial charge on any atom is -0.458 e. The molecular weight excluding hydrogens is 628 g/mol. The summed E-state index contributed by atoms with van der Waals surface area (Å²) in [7, 11) is 0. The molecule has 272 valence electrons. The van der Waals surface area contributed by atoms with Gasteiger partial charge in [-0.2, -0.15) is 0 Å². The molecule has 0 spiro atoms. The number of hydrogen-bond acceptors (Lipinski definition) is 13. The maximum absolute atomic E-state index is 12.5. The molecule has 3 heterocycles. The Kier molecular flexibility index (Phi) is 9.36. The molecule has 13 nitrogen and oxygen atoms in total. The molecule has 48 heavy (non-hydrogen) atoms. The second kappa shape index (κ2) is 12.8. The molecule has 3 aliphatic heterocycles. The molecule has 0 aromatic carbocycles. The van der Waals surface area contributed by atoms with Crippen LogP contribution in [-0.4, -0.2) is 128 Å². The van der Waals surface area contributed by atoms with Gasteiger partial charge < -0.3 is 59.4 Å². The maximum atomic E-state index is 12.5. The zero-order chi connectivity index (χ0) is 34.3. The van der Waals surface area contributed by atoms with Gasteiger partial charge in [0.25, 0.3) is 0 Å². The van der Waals surface area contributed by atoms with E-state index in [-0.39, 0.29) is 34.7 Å². The molecule has 6 fully saturated rings. The monoisotopic (exact) mass is 682 g/mol. The summed E-state index contributed by atoms with van der Waals surface area (Å²) in [5.74, 6) is 0.752. The predicted molar refractivity (Wildman–Crippen MR) is 166 cm³/mol. The van der Waals surface area contributed by atoms with E-state index in [1.807, 2.05) is 0 Å². The van der Waals surface area contributed by atoms with Crippen LogP contribution in [0.25, 0.3) is 0 Å². The lowest BCUT2D eigenvalue weighted by Gasteiger charge is -2.64. The summed E-state index contributed by atoms with van der Waals surface area (Å²) in [6, 6.07) is 0. The van der Waals surface area contributed by atoms with Crippen molar-refractivity contribution in [2.75, 3.05) is 13.2 Å². The zero-order valence-corrected chi connectivity index (χ0v) is 28.1. The lowest BCUT2D eigenvalue weighted by atomic mass is 9.43. The second-order valence-electron chi connectivity index (χ2n) is 16.3. The van der Waals surface area contributed by atoms with Crippen LogP contribution in [0.3, 0.4) is 0 Å². The Morgan fingerprint density at radius 2 is 1.56 bits per heavy atom. The van der Waals surface area contributed by atoms with Gasteiger partial charge in [0, 0.05) is 11.5 Å². The minimum absolute atomic E-state index is 0.0118. The number of fused-ring (bicyclic) bond motifs is 5. The van der Waals surface area contributed by atoms with Crippen molar-refractivity contribution in [1.82, 2.24) is 0 Å². The van der Waals surface area contributed by atoms with E-state index >= 15 is 0 Å². The van der Waals surface area contributed by atoms with Crippen molar-refractivity contribution in [3.8, 4) is 0 Å². The van der Waals surface area contributed by atoms with Crippen molar-refractivity contribution >= 4 is 5.97 Å². The molecule has 4 aliphatic carbocycles. The van der Waals surface area contributed by atoms with E-state index in [2.05, 4.69) is 13.8 Å². The first-order valence-corrected chi connectivity index (χ1v) is 17.9. The quantitative estimate of drug-likeness (QED) is 0.149. The number of esters is 1. The first kappa shape index (κ1) is 35.2. The van der Waals surface area contributed by atoms with Crippen LogP contribution in [0.1, 0.15) is 78.6 Å². The summed E-state index contributed by atoms with van der Waals surface area (Å²) in [6.45, 7) is 5.85. The van der Waals surface area contributed by atoms with E-state index in [0.717, 1.165) is 56.9 Å². The van der Waals surface area contributed by atoms with Gasteiger partial charge in [-0.15, -0.1) is 0 Å². The third-order valence-electron chi connectivity index (χ3n) is 14.2. The van der Waals surface area contributed by atoms with Crippen molar-refractivity contribution in [3.05, 3.63) is 11.6 Å². The van der Waals surface area contributed by atoms with Gasteiger partial charge in [-0.3, -0.25) is 0 Å². The van der Waals surface area contributed by atoms with Crippen LogP contribution in [0.5, 0.6) is 0 Å². The smallest absolute Gasteiger partial charge is 0.331 e. The van der Waals surface area contributed by atoms with Gasteiger partial charge in [0.15, 0.2) is 12.6 Å². The van der Waals surface area contributed by atoms with Gasteiger partial charge in [-0.1, -0.05) is 13.8 Å². The van der Waals surface area contributed by atoms with Crippen LogP contribution in [0.15, 0.2) is 11.6 Å². The van der Waals surface area contributed by atoms with Crippen LogP contribution in [0.4, 0.5) is 0 Å². The van der Waals surface area contributed by atoms with Gasteiger partial charge in [0.2, 0.25) is 0 Å². The third kappa shape index (κ3) is 5.42. The van der Waals surface area contributed by atoms with E-state index in [1.165, 1.54) is 6.92 Å². The number of rotatable bonds is 6. The maximum Gasteiger partial charge on any atom is 0.331 e. The summed E-state index contributed by atoms with van der Waals surface area (Å²) < 4.78 is 28.8. The molecule has 0 aromatic rings. The molecule has 18 atom stereocenters. The normalized spacial score (nSPS) is 55.3. The number of aliphatic hydroxyl groups excluding tert-OH is 6. The minimum atomic E-state index is -1.63. The molecule has 0 bridgehead atoms. The second-order valence-corrected chi connectivity index (χ2v) is 16.3. The van der Waals surface area contributed by atoms with Crippen LogP contribution in [0.2, 0.25) is 0 Å². The van der Waals surface area contributed by atoms with Gasteiger partial charge >= 0.3 is 5.97 Å². The van der Waals surface area contributed by atoms with Crippen molar-refractivity contribution in [3.63, 3.8) is 0 Å². The van der Waals surface area contributed by atoms with Gasteiger partial charge in [-0.05, 0) is 99.4 Å². The fraction of sp³-hybridized carbons (Fsp3) is 0.914. The van der Waals surface area contributed by atoms with E-state index in [1.54, 1.807) is 6.08 Å². The van der Waals surface area contributed by atoms with E-state index < -0.39 is 73.6 Å². The summed E-state index contributed by atoms with van der Waals surface area (Å²) >= 11 is 0. The molecule has 13 heteroatoms. The highest BCUT2D eigenvalue weighted by Gasteiger charge is 2.68. The highest BCUT2D eigenvalue weighted by molar-refractivity contribution is 5.85. The summed E-state index contributed by atoms with van der Waals surface area (Å²) in [4.78, 5) is 11.9. The van der Waals surface area contributed by atoms with Gasteiger partial charge in [0.1, 0.15) is 49.3 Å². The molecule has 0 unspecified atom stereocenters. The topological polar surface area (TPSA) is 205 Å². The molecule has 7 aliphatic rings. The number of aliphatic hydroxyl groups is 7. The highest BCUT2D eigenvalue weighted by Crippen LogP contribution is 2.70. The Balaban J connectivity index is 0.992. The molecule has 0 amide bonds. The summed E-state index contributed by atoms with van der Waals surface area (Å²) in [5.41, 5.74) is -0.0475. The fourth-order valence-electron chi connectivity index (χ4n) is 11.3. The van der Waals surface area contributed by atoms with Crippen molar-refractivity contribution in [1.29, 1.82) is 0 Å². The Labute approximate surface area is 281 Å². The molecule has 7 rings (SSSR count). The van der Waals surface area contributed by atoms with E-state index in [4.69, 9.17) is 23.7 Å². The standard InChI is InChI=1S/C35H54O13/c1-16-25(38)26(39)28(41)31(45-16)48-30-23(14-36)47-32(29(42)27(30)40)46-19-6-9-33(2)18(13-19)4-5-22-21(33)7-10-34(3)20(8-11-35(22,34)43)17-12-24(37)44-15-17/h12,16,18-23,25-32,36,38-43H,4-11,13-15H2,1-3H3/t16-,18-,19+,20-,21+,22-,23-,25+,26+,27-,28-,29-,30-,31+,32-,33+,34-,35+/m1/s1. The Morgan fingerprint density at radius 1 is 0.833 bits per heavy atom. The van der Waals surface area contributed by atoms with Crippen molar-refractivity contribution < 1.29 is 64.2 Å². The first-order chi connectivity index (χ1) is 22.7. The average Bonchev–Trinajstić information content (AvgIpc) is 3.61. The summed E-state index contributed by atoms with van der Waals surface area (Å²) in [6.07, 6.45) is -4.43. The highest BCUT2D eigenvalue weighted by atomic mass is 16.7. The first-order valence-electron chi connectivity index (χ1n) is 17.9. The number of ether oxygens (including phenoxy) is 5. The zero-order valence-electron chi connectivity index (χ0n) is 28.1. The number of carbonyl (C=O) groups is 1. The van der Waals surface area contributed by atoms with E-state index in [0.29, 0.717) is 24.9 Å². The van der Waals surface area contributed by atoms with Crippen LogP contribution >= 0.6 is 0 Å². The summed E-state index contributed by atoms with van der Waals surface area (Å²) in [5, 5.41) is 75.3. The number of hydrogen-bond donors (Lipinski definition) is 7. The molecule has 2 saturated heterocycles. The third-order valence-corrected chi connectivity index (χ3v) is 14.2. The SMILES string of the molecule is C[C@H]1O[C@@H](O[C@H]2[C@H](O)[C@@H](O)[C@H](O[C@H]3CC[C@@]4(C)[C@H](CC[C@@H]5[C@@H]4CC[C@]4(C)[C@@H](C6=CC(=O)OC6)CC[C@]54O)C3)O[C@@H]2CO)[C@H](O)[C@@H](O)[C@H]1O. The van der Waals surface area contributed by atoms with Crippen molar-refractivity contribution in [2.45, 2.75) is 152 Å². The predicted octanol–water partition coefficient (Wildman–Crippen LogP) is 0.280. The molecule has 4 saturated carbocycles. The Hall–Kier alpha value is -1.23. The molecular formula is C35H54O13. The lowest BCUT2D eigenvalue weighted by molar-refractivity contribution is -0.361. The van der Waals surface area contributed by atoms with Crippen molar-refractivity contribution in [2.24, 2.45) is 34.5 Å². The van der Waals surface area contributed by atoms with Gasteiger partial charge in [-0.25, -0.2) is 4.79 Å². The van der Waals surface area contributed by atoms with Crippen LogP contribution in [-0.2, 0) is 28.5 Å².